The molecular weight excluding hydrogens is 366 g/mol. The van der Waals surface area contributed by atoms with Crippen LogP contribution in [0.15, 0.2) is 54.6 Å². The van der Waals surface area contributed by atoms with Crippen molar-refractivity contribution in [2.75, 3.05) is 10.6 Å². The molecule has 2 N–H and O–H groups in total. The van der Waals surface area contributed by atoms with Gasteiger partial charge in [0.15, 0.2) is 0 Å². The quantitative estimate of drug-likeness (QED) is 0.694. The first-order valence-electron chi connectivity index (χ1n) is 9.65. The third-order valence-electron chi connectivity index (χ3n) is 4.62. The molecule has 2 rings (SSSR count). The predicted molar refractivity (Wildman–Crippen MR) is 115 cm³/mol. The van der Waals surface area contributed by atoms with E-state index in [0.29, 0.717) is 17.9 Å². The van der Waals surface area contributed by atoms with Gasteiger partial charge in [0.1, 0.15) is 5.41 Å². The third kappa shape index (κ3) is 5.91. The molecule has 0 saturated carbocycles. The van der Waals surface area contributed by atoms with E-state index in [1.54, 1.807) is 43.0 Å². The van der Waals surface area contributed by atoms with Gasteiger partial charge in [-0.15, -0.1) is 0 Å². The lowest BCUT2D eigenvalue weighted by Gasteiger charge is -2.34. The number of benzene rings is 2. The molecule has 6 heteroatoms. The maximum absolute atomic E-state index is 13.3. The number of hydrogen-bond acceptors (Lipinski definition) is 3. The van der Waals surface area contributed by atoms with Gasteiger partial charge in [0.2, 0.25) is 17.7 Å². The molecule has 0 aliphatic heterocycles. The Bertz CT molecular complexity index is 876. The second-order valence-corrected chi connectivity index (χ2v) is 7.85. The predicted octanol–water partition coefficient (Wildman–Crippen LogP) is 4.05. The summed E-state index contributed by atoms with van der Waals surface area (Å²) in [5.74, 6) is -0.842. The number of nitrogens with one attached hydrogen (secondary N) is 2. The van der Waals surface area contributed by atoms with E-state index >= 15 is 0 Å². The summed E-state index contributed by atoms with van der Waals surface area (Å²) in [6, 6.07) is 16.5. The lowest BCUT2D eigenvalue weighted by molar-refractivity contribution is -0.148. The summed E-state index contributed by atoms with van der Waals surface area (Å²) < 4.78 is 0. The van der Waals surface area contributed by atoms with Gasteiger partial charge in [0, 0.05) is 30.9 Å². The zero-order chi connectivity index (χ0) is 21.6. The van der Waals surface area contributed by atoms with Crippen LogP contribution in [0.1, 0.15) is 40.2 Å². The van der Waals surface area contributed by atoms with Crippen LogP contribution < -0.4 is 10.6 Å². The Morgan fingerprint density at radius 2 is 1.52 bits per heavy atom. The van der Waals surface area contributed by atoms with Gasteiger partial charge in [-0.25, -0.2) is 0 Å². The molecule has 0 radical (unpaired) electrons. The van der Waals surface area contributed by atoms with Crippen molar-refractivity contribution < 1.29 is 14.4 Å². The van der Waals surface area contributed by atoms with Crippen LogP contribution in [0.4, 0.5) is 11.4 Å². The van der Waals surface area contributed by atoms with Crippen LogP contribution in [0.2, 0.25) is 0 Å². The molecule has 2 aromatic carbocycles. The Hall–Kier alpha value is -3.15. The first-order chi connectivity index (χ1) is 13.6. The van der Waals surface area contributed by atoms with E-state index in [0.717, 1.165) is 5.56 Å². The van der Waals surface area contributed by atoms with Gasteiger partial charge in [0.05, 0.1) is 0 Å². The molecule has 2 aromatic rings. The Morgan fingerprint density at radius 3 is 2.07 bits per heavy atom. The van der Waals surface area contributed by atoms with Crippen molar-refractivity contribution in [1.82, 2.24) is 4.90 Å². The van der Waals surface area contributed by atoms with Gasteiger partial charge < -0.3 is 15.5 Å². The van der Waals surface area contributed by atoms with Crippen LogP contribution in [0.3, 0.4) is 0 Å². The van der Waals surface area contributed by atoms with Crippen LogP contribution in [-0.2, 0) is 20.9 Å². The van der Waals surface area contributed by atoms with Gasteiger partial charge >= 0.3 is 0 Å². The smallest absolute Gasteiger partial charge is 0.239 e. The van der Waals surface area contributed by atoms with Crippen LogP contribution in [-0.4, -0.2) is 28.7 Å². The highest BCUT2D eigenvalue weighted by atomic mass is 16.2. The Kier molecular flexibility index (Phi) is 7.15. The average molecular weight is 396 g/mol. The minimum Gasteiger partial charge on any atom is -0.335 e. The Morgan fingerprint density at radius 1 is 0.931 bits per heavy atom. The summed E-state index contributed by atoms with van der Waals surface area (Å²) in [5.41, 5.74) is 0.839. The molecule has 0 spiro atoms. The molecule has 0 aliphatic carbocycles. The number of amides is 3. The molecule has 0 saturated heterocycles. The van der Waals surface area contributed by atoms with Crippen molar-refractivity contribution in [3.63, 3.8) is 0 Å². The summed E-state index contributed by atoms with van der Waals surface area (Å²) in [5, 5.41) is 5.47. The van der Waals surface area contributed by atoms with Gasteiger partial charge in [-0.3, -0.25) is 14.4 Å². The number of hydrogen-bond donors (Lipinski definition) is 2. The van der Waals surface area contributed by atoms with E-state index in [1.807, 2.05) is 44.2 Å². The second kappa shape index (κ2) is 9.37. The zero-order valence-electron chi connectivity index (χ0n) is 17.7. The largest absolute Gasteiger partial charge is 0.335 e. The van der Waals surface area contributed by atoms with Crippen molar-refractivity contribution in [3.05, 3.63) is 60.2 Å². The first kappa shape index (κ1) is 22.1. The van der Waals surface area contributed by atoms with Crippen LogP contribution >= 0.6 is 0 Å². The standard InChI is InChI=1S/C23H29N3O3/c1-16(2)26(15-18-10-7-6-8-11-18)22(29)23(4,5)21(28)25-20-13-9-12-19(14-20)24-17(3)27/h6-14,16H,15H2,1-5H3,(H,24,27)(H,25,28). The third-order valence-corrected chi connectivity index (χ3v) is 4.62. The second-order valence-electron chi connectivity index (χ2n) is 7.85. The highest BCUT2D eigenvalue weighted by Gasteiger charge is 2.40. The van der Waals surface area contributed by atoms with Crippen molar-refractivity contribution in [3.8, 4) is 0 Å². The van der Waals surface area contributed by atoms with Crippen LogP contribution in [0, 0.1) is 5.41 Å². The SMILES string of the molecule is CC(=O)Nc1cccc(NC(=O)C(C)(C)C(=O)N(Cc2ccccc2)C(C)C)c1. The molecule has 29 heavy (non-hydrogen) atoms. The molecule has 0 unspecified atom stereocenters. The maximum Gasteiger partial charge on any atom is 0.239 e. The molecule has 3 amide bonds. The maximum atomic E-state index is 13.3. The molecule has 6 nitrogen and oxygen atoms in total. The zero-order valence-corrected chi connectivity index (χ0v) is 17.7. The molecule has 0 aliphatic rings. The average Bonchev–Trinajstić information content (AvgIpc) is 2.65. The summed E-state index contributed by atoms with van der Waals surface area (Å²) in [6.07, 6.45) is 0. The van der Waals surface area contributed by atoms with E-state index in [2.05, 4.69) is 10.6 Å². The molecule has 0 aromatic heterocycles. The summed E-state index contributed by atoms with van der Waals surface area (Å²) >= 11 is 0. The summed E-state index contributed by atoms with van der Waals surface area (Å²) in [6.45, 7) is 8.98. The highest BCUT2D eigenvalue weighted by molar-refractivity contribution is 6.10. The Labute approximate surface area is 172 Å². The Balaban J connectivity index is 2.17. The van der Waals surface area contributed by atoms with E-state index < -0.39 is 11.3 Å². The normalized spacial score (nSPS) is 11.1. The van der Waals surface area contributed by atoms with Gasteiger partial charge in [-0.1, -0.05) is 36.4 Å². The minimum atomic E-state index is -1.26. The lowest BCUT2D eigenvalue weighted by Crippen LogP contribution is -2.49. The van der Waals surface area contributed by atoms with Crippen molar-refractivity contribution in [2.24, 2.45) is 5.41 Å². The van der Waals surface area contributed by atoms with E-state index in [-0.39, 0.29) is 17.9 Å². The molecule has 154 valence electrons. The van der Waals surface area contributed by atoms with Crippen molar-refractivity contribution >= 4 is 29.1 Å². The van der Waals surface area contributed by atoms with Crippen LogP contribution in [0.5, 0.6) is 0 Å². The molecule has 0 fully saturated rings. The minimum absolute atomic E-state index is 0.0575. The number of carbonyl (C=O) groups is 3. The lowest BCUT2D eigenvalue weighted by atomic mass is 9.89. The number of carbonyl (C=O) groups excluding carboxylic acids is 3. The van der Waals surface area contributed by atoms with E-state index in [1.165, 1.54) is 6.92 Å². The van der Waals surface area contributed by atoms with Gasteiger partial charge in [0.25, 0.3) is 0 Å². The highest BCUT2D eigenvalue weighted by Crippen LogP contribution is 2.25. The van der Waals surface area contributed by atoms with E-state index in [9.17, 15) is 14.4 Å². The summed E-state index contributed by atoms with van der Waals surface area (Å²) in [4.78, 5) is 39.2. The molecule has 0 atom stereocenters. The first-order valence-corrected chi connectivity index (χ1v) is 9.65. The monoisotopic (exact) mass is 395 g/mol. The van der Waals surface area contributed by atoms with Crippen molar-refractivity contribution in [1.29, 1.82) is 0 Å². The van der Waals surface area contributed by atoms with Crippen LogP contribution in [0.25, 0.3) is 0 Å². The number of anilines is 2. The number of rotatable bonds is 7. The molecule has 0 heterocycles. The molecule has 0 bridgehead atoms. The fraction of sp³-hybridized carbons (Fsp3) is 0.348. The van der Waals surface area contributed by atoms with Gasteiger partial charge in [-0.05, 0) is 51.5 Å². The fourth-order valence-electron chi connectivity index (χ4n) is 2.89. The van der Waals surface area contributed by atoms with Gasteiger partial charge in [-0.2, -0.15) is 0 Å². The summed E-state index contributed by atoms with van der Waals surface area (Å²) in [7, 11) is 0. The van der Waals surface area contributed by atoms with Crippen molar-refractivity contribution in [2.45, 2.75) is 47.2 Å². The molecular formula is C23H29N3O3. The van der Waals surface area contributed by atoms with E-state index in [4.69, 9.17) is 0 Å². The fourth-order valence-corrected chi connectivity index (χ4v) is 2.89. The topological polar surface area (TPSA) is 78.5 Å². The number of nitrogens with zero attached hydrogens (tertiary/aromatic N) is 1.